The summed E-state index contributed by atoms with van der Waals surface area (Å²) in [6.45, 7) is 0. The number of rotatable bonds is 4. The minimum Gasteiger partial charge on any atom is -0.495 e. The number of hydrogen-bond acceptors (Lipinski definition) is 4. The molecule has 1 N–H and O–H groups in total. The number of methoxy groups -OCH3 is 1. The van der Waals surface area contributed by atoms with Gasteiger partial charge in [0.05, 0.1) is 24.6 Å². The Hall–Kier alpha value is -1.76. The SMILES string of the molecule is COc1cc(C(=O)O)ccc1N(C)S(C)(=O)=O. The summed E-state index contributed by atoms with van der Waals surface area (Å²) < 4.78 is 28.8. The first kappa shape index (κ1) is 13.3. The van der Waals surface area contributed by atoms with Crippen LogP contribution in [0.1, 0.15) is 10.4 Å². The van der Waals surface area contributed by atoms with E-state index < -0.39 is 16.0 Å². The fourth-order valence-electron chi connectivity index (χ4n) is 1.25. The standard InChI is InChI=1S/C10H13NO5S/c1-11(17(3,14)15)8-5-4-7(10(12)13)6-9(8)16-2/h4-6H,1-3H3,(H,12,13). The molecule has 17 heavy (non-hydrogen) atoms. The van der Waals surface area contributed by atoms with E-state index >= 15 is 0 Å². The molecule has 0 unspecified atom stereocenters. The lowest BCUT2D eigenvalue weighted by Gasteiger charge is -2.19. The molecule has 0 heterocycles. The summed E-state index contributed by atoms with van der Waals surface area (Å²) in [6.07, 6.45) is 1.05. The minimum atomic E-state index is -3.42. The van der Waals surface area contributed by atoms with Crippen molar-refractivity contribution in [3.8, 4) is 5.75 Å². The Morgan fingerprint density at radius 1 is 1.41 bits per heavy atom. The molecule has 1 aromatic carbocycles. The normalized spacial score (nSPS) is 11.0. The first-order valence-electron chi connectivity index (χ1n) is 4.62. The second-order valence-electron chi connectivity index (χ2n) is 3.42. The Kier molecular flexibility index (Phi) is 3.62. The van der Waals surface area contributed by atoms with Crippen molar-refractivity contribution in [2.45, 2.75) is 0 Å². The van der Waals surface area contributed by atoms with Gasteiger partial charge in [-0.1, -0.05) is 0 Å². The van der Waals surface area contributed by atoms with E-state index in [2.05, 4.69) is 0 Å². The van der Waals surface area contributed by atoms with Gasteiger partial charge in [-0.2, -0.15) is 0 Å². The lowest BCUT2D eigenvalue weighted by molar-refractivity contribution is 0.0696. The highest BCUT2D eigenvalue weighted by molar-refractivity contribution is 7.92. The maximum absolute atomic E-state index is 11.4. The predicted molar refractivity (Wildman–Crippen MR) is 63.2 cm³/mol. The molecule has 1 aromatic rings. The second kappa shape index (κ2) is 4.62. The van der Waals surface area contributed by atoms with Gasteiger partial charge in [-0.25, -0.2) is 13.2 Å². The quantitative estimate of drug-likeness (QED) is 0.864. The van der Waals surface area contributed by atoms with E-state index in [1.807, 2.05) is 0 Å². The molecule has 0 aliphatic heterocycles. The second-order valence-corrected chi connectivity index (χ2v) is 5.44. The first-order chi connectivity index (χ1) is 7.77. The third-order valence-electron chi connectivity index (χ3n) is 2.26. The molecule has 0 aliphatic rings. The molecule has 6 nitrogen and oxygen atoms in total. The summed E-state index contributed by atoms with van der Waals surface area (Å²) >= 11 is 0. The third-order valence-corrected chi connectivity index (χ3v) is 3.46. The number of benzene rings is 1. The van der Waals surface area contributed by atoms with Crippen LogP contribution in [0, 0.1) is 0 Å². The number of aromatic carboxylic acids is 1. The summed E-state index contributed by atoms with van der Waals surface area (Å²) in [6, 6.07) is 3.99. The van der Waals surface area contributed by atoms with Gasteiger partial charge in [0.15, 0.2) is 0 Å². The first-order valence-corrected chi connectivity index (χ1v) is 6.47. The summed E-state index contributed by atoms with van der Waals surface area (Å²) in [5.41, 5.74) is 0.326. The van der Waals surface area contributed by atoms with Crippen LogP contribution in [0.2, 0.25) is 0 Å². The van der Waals surface area contributed by atoms with E-state index in [-0.39, 0.29) is 11.3 Å². The van der Waals surface area contributed by atoms with Crippen LogP contribution in [0.25, 0.3) is 0 Å². The zero-order valence-electron chi connectivity index (χ0n) is 9.67. The van der Waals surface area contributed by atoms with Crippen LogP contribution in [0.5, 0.6) is 5.75 Å². The molecule has 0 atom stereocenters. The zero-order valence-corrected chi connectivity index (χ0v) is 10.5. The lowest BCUT2D eigenvalue weighted by atomic mass is 10.2. The average Bonchev–Trinajstić information content (AvgIpc) is 2.25. The fourth-order valence-corrected chi connectivity index (χ4v) is 1.76. The van der Waals surface area contributed by atoms with Crippen molar-refractivity contribution in [3.63, 3.8) is 0 Å². The van der Waals surface area contributed by atoms with Gasteiger partial charge in [-0.3, -0.25) is 4.31 Å². The Balaban J connectivity index is 3.31. The van der Waals surface area contributed by atoms with E-state index in [1.165, 1.54) is 32.4 Å². The predicted octanol–water partition coefficient (Wildman–Crippen LogP) is 0.789. The third kappa shape index (κ3) is 2.88. The van der Waals surface area contributed by atoms with Crippen LogP contribution >= 0.6 is 0 Å². The zero-order chi connectivity index (χ0) is 13.2. The molecule has 0 bridgehead atoms. The van der Waals surface area contributed by atoms with Crippen LogP contribution < -0.4 is 9.04 Å². The van der Waals surface area contributed by atoms with Gasteiger partial charge in [0.1, 0.15) is 5.75 Å². The molecule has 0 radical (unpaired) electrons. The van der Waals surface area contributed by atoms with Gasteiger partial charge < -0.3 is 9.84 Å². The van der Waals surface area contributed by atoms with E-state index in [9.17, 15) is 13.2 Å². The highest BCUT2D eigenvalue weighted by Crippen LogP contribution is 2.29. The van der Waals surface area contributed by atoms with E-state index in [4.69, 9.17) is 9.84 Å². The fraction of sp³-hybridized carbons (Fsp3) is 0.300. The van der Waals surface area contributed by atoms with E-state index in [1.54, 1.807) is 0 Å². The van der Waals surface area contributed by atoms with E-state index in [0.29, 0.717) is 5.69 Å². The maximum Gasteiger partial charge on any atom is 0.335 e. The summed E-state index contributed by atoms with van der Waals surface area (Å²) in [7, 11) is -0.699. The molecule has 0 saturated heterocycles. The number of anilines is 1. The molecule has 7 heteroatoms. The Bertz CT molecular complexity index is 538. The molecule has 0 spiro atoms. The molecule has 1 rings (SSSR count). The number of carboxylic acid groups (broad SMARTS) is 1. The van der Waals surface area contributed by atoms with Crippen molar-refractivity contribution in [3.05, 3.63) is 23.8 Å². The van der Waals surface area contributed by atoms with Crippen molar-refractivity contribution in [2.24, 2.45) is 0 Å². The number of carbonyl (C=O) groups is 1. The van der Waals surface area contributed by atoms with Gasteiger partial charge in [-0.15, -0.1) is 0 Å². The van der Waals surface area contributed by atoms with Gasteiger partial charge in [0.2, 0.25) is 10.0 Å². The molecule has 94 valence electrons. The van der Waals surface area contributed by atoms with Crippen LogP contribution in [0.4, 0.5) is 5.69 Å². The van der Waals surface area contributed by atoms with Crippen molar-refractivity contribution in [1.82, 2.24) is 0 Å². The average molecular weight is 259 g/mol. The Morgan fingerprint density at radius 3 is 2.41 bits per heavy atom. The van der Waals surface area contributed by atoms with E-state index in [0.717, 1.165) is 10.6 Å². The molecular formula is C10H13NO5S. The Labute approximate surface area is 99.5 Å². The number of carboxylic acids is 1. The number of nitrogens with zero attached hydrogens (tertiary/aromatic N) is 1. The van der Waals surface area contributed by atoms with Gasteiger partial charge in [0.25, 0.3) is 0 Å². The van der Waals surface area contributed by atoms with Gasteiger partial charge in [0, 0.05) is 7.05 Å². The topological polar surface area (TPSA) is 83.9 Å². The maximum atomic E-state index is 11.4. The number of sulfonamides is 1. The number of hydrogen-bond donors (Lipinski definition) is 1. The van der Waals surface area contributed by atoms with Gasteiger partial charge in [-0.05, 0) is 18.2 Å². The number of ether oxygens (including phenoxy) is 1. The van der Waals surface area contributed by atoms with Crippen LogP contribution in [0.3, 0.4) is 0 Å². The monoisotopic (exact) mass is 259 g/mol. The molecule has 0 fully saturated rings. The molecule has 0 saturated carbocycles. The lowest BCUT2D eigenvalue weighted by Crippen LogP contribution is -2.25. The molecule has 0 aliphatic carbocycles. The Morgan fingerprint density at radius 2 is 2.00 bits per heavy atom. The smallest absolute Gasteiger partial charge is 0.335 e. The van der Waals surface area contributed by atoms with Crippen molar-refractivity contribution < 1.29 is 23.1 Å². The summed E-state index contributed by atoms with van der Waals surface area (Å²) in [4.78, 5) is 10.8. The molecule has 0 amide bonds. The van der Waals surface area contributed by atoms with Crippen molar-refractivity contribution >= 4 is 21.7 Å². The van der Waals surface area contributed by atoms with Crippen LogP contribution in [-0.2, 0) is 10.0 Å². The van der Waals surface area contributed by atoms with Crippen molar-refractivity contribution in [2.75, 3.05) is 24.7 Å². The van der Waals surface area contributed by atoms with Crippen LogP contribution in [-0.4, -0.2) is 39.9 Å². The minimum absolute atomic E-state index is 0.0347. The van der Waals surface area contributed by atoms with Crippen molar-refractivity contribution in [1.29, 1.82) is 0 Å². The summed E-state index contributed by atoms with van der Waals surface area (Å²) in [5, 5.41) is 8.81. The highest BCUT2D eigenvalue weighted by atomic mass is 32.2. The molecule has 0 aromatic heterocycles. The van der Waals surface area contributed by atoms with Gasteiger partial charge >= 0.3 is 5.97 Å². The largest absolute Gasteiger partial charge is 0.495 e. The van der Waals surface area contributed by atoms with Crippen LogP contribution in [0.15, 0.2) is 18.2 Å². The molecular weight excluding hydrogens is 246 g/mol. The highest BCUT2D eigenvalue weighted by Gasteiger charge is 2.17. The summed E-state index contributed by atoms with van der Waals surface area (Å²) in [5.74, 6) is -0.908.